The van der Waals surface area contributed by atoms with Crippen molar-refractivity contribution >= 4 is 22.9 Å². The zero-order chi connectivity index (χ0) is 15.2. The second-order valence-corrected chi connectivity index (χ2v) is 5.63. The summed E-state index contributed by atoms with van der Waals surface area (Å²) in [6, 6.07) is 9.33. The molecular weight excluding hydrogens is 296 g/mol. The Morgan fingerprint density at radius 2 is 1.95 bits per heavy atom. The lowest BCUT2D eigenvalue weighted by Crippen LogP contribution is -2.14. The van der Waals surface area contributed by atoms with Gasteiger partial charge in [0.05, 0.1) is 17.1 Å². The molecule has 0 aliphatic rings. The molecule has 3 rings (SSSR count). The molecule has 0 aromatic carbocycles. The Morgan fingerprint density at radius 1 is 1.09 bits per heavy atom. The Bertz CT molecular complexity index is 743. The quantitative estimate of drug-likeness (QED) is 0.787. The monoisotopic (exact) mass is 310 g/mol. The maximum atomic E-state index is 12.0. The zero-order valence-electron chi connectivity index (χ0n) is 11.8. The van der Waals surface area contributed by atoms with E-state index in [0.29, 0.717) is 6.42 Å². The highest BCUT2D eigenvalue weighted by Gasteiger charge is 2.09. The fraction of sp³-hybridized carbons (Fsp3) is 0.125. The molecule has 0 saturated heterocycles. The predicted molar refractivity (Wildman–Crippen MR) is 85.7 cm³/mol. The second-order valence-electron chi connectivity index (χ2n) is 4.69. The van der Waals surface area contributed by atoms with E-state index in [1.54, 1.807) is 42.1 Å². The van der Waals surface area contributed by atoms with E-state index in [0.717, 1.165) is 22.1 Å². The summed E-state index contributed by atoms with van der Waals surface area (Å²) in [5.41, 5.74) is 2.50. The Morgan fingerprint density at radius 3 is 2.73 bits per heavy atom. The molecule has 3 heterocycles. The van der Waals surface area contributed by atoms with Crippen molar-refractivity contribution in [3.8, 4) is 0 Å². The SMILES string of the molecule is O=C(Cc1csc(Cc2ccccn2)n1)Nc1ccncc1. The van der Waals surface area contributed by atoms with Gasteiger partial charge < -0.3 is 5.32 Å². The van der Waals surface area contributed by atoms with E-state index in [4.69, 9.17) is 0 Å². The molecule has 3 aromatic heterocycles. The van der Waals surface area contributed by atoms with E-state index in [1.807, 2.05) is 23.6 Å². The first kappa shape index (κ1) is 14.3. The van der Waals surface area contributed by atoms with Crippen molar-refractivity contribution in [1.29, 1.82) is 0 Å². The molecule has 5 nitrogen and oxygen atoms in total. The average molecular weight is 310 g/mol. The van der Waals surface area contributed by atoms with Gasteiger partial charge in [0.15, 0.2) is 0 Å². The number of nitrogens with zero attached hydrogens (tertiary/aromatic N) is 3. The van der Waals surface area contributed by atoms with Crippen molar-refractivity contribution in [2.24, 2.45) is 0 Å². The third-order valence-electron chi connectivity index (χ3n) is 2.96. The summed E-state index contributed by atoms with van der Waals surface area (Å²) in [5, 5.41) is 5.71. The van der Waals surface area contributed by atoms with Crippen LogP contribution < -0.4 is 5.32 Å². The smallest absolute Gasteiger partial charge is 0.230 e. The van der Waals surface area contributed by atoms with Gasteiger partial charge in [0, 0.05) is 41.8 Å². The Kier molecular flexibility index (Phi) is 4.50. The van der Waals surface area contributed by atoms with Crippen LogP contribution in [0.25, 0.3) is 0 Å². The summed E-state index contributed by atoms with van der Waals surface area (Å²) in [5.74, 6) is -0.0825. The number of aromatic nitrogens is 3. The minimum atomic E-state index is -0.0825. The summed E-state index contributed by atoms with van der Waals surface area (Å²) in [6.45, 7) is 0. The van der Waals surface area contributed by atoms with Gasteiger partial charge in [0.25, 0.3) is 0 Å². The molecule has 1 N–H and O–H groups in total. The van der Waals surface area contributed by atoms with Crippen molar-refractivity contribution in [1.82, 2.24) is 15.0 Å². The number of amides is 1. The summed E-state index contributed by atoms with van der Waals surface area (Å²) < 4.78 is 0. The summed E-state index contributed by atoms with van der Waals surface area (Å²) in [4.78, 5) is 24.7. The first-order chi connectivity index (χ1) is 10.8. The molecule has 3 aromatic rings. The topological polar surface area (TPSA) is 67.8 Å². The first-order valence-corrected chi connectivity index (χ1v) is 7.70. The zero-order valence-corrected chi connectivity index (χ0v) is 12.6. The van der Waals surface area contributed by atoms with Crippen LogP contribution in [-0.2, 0) is 17.6 Å². The molecule has 0 fully saturated rings. The van der Waals surface area contributed by atoms with Gasteiger partial charge in [-0.3, -0.25) is 14.8 Å². The number of pyridine rings is 2. The van der Waals surface area contributed by atoms with Crippen LogP contribution >= 0.6 is 11.3 Å². The molecule has 0 spiro atoms. The van der Waals surface area contributed by atoms with E-state index >= 15 is 0 Å². The number of thiazole rings is 1. The third-order valence-corrected chi connectivity index (χ3v) is 3.86. The average Bonchev–Trinajstić information content (AvgIpc) is 2.96. The number of carbonyl (C=O) groups is 1. The molecule has 22 heavy (non-hydrogen) atoms. The van der Waals surface area contributed by atoms with Crippen LogP contribution in [0.4, 0.5) is 5.69 Å². The van der Waals surface area contributed by atoms with Crippen molar-refractivity contribution < 1.29 is 4.79 Å². The number of hydrogen-bond acceptors (Lipinski definition) is 5. The van der Waals surface area contributed by atoms with Gasteiger partial charge in [0.1, 0.15) is 0 Å². The Hall–Kier alpha value is -2.60. The number of hydrogen-bond donors (Lipinski definition) is 1. The van der Waals surface area contributed by atoms with Crippen molar-refractivity contribution in [2.75, 3.05) is 5.32 Å². The van der Waals surface area contributed by atoms with Gasteiger partial charge in [-0.05, 0) is 24.3 Å². The van der Waals surface area contributed by atoms with Crippen LogP contribution in [0.5, 0.6) is 0 Å². The maximum absolute atomic E-state index is 12.0. The van der Waals surface area contributed by atoms with Crippen molar-refractivity contribution in [3.05, 3.63) is 70.7 Å². The fourth-order valence-electron chi connectivity index (χ4n) is 1.97. The summed E-state index contributed by atoms with van der Waals surface area (Å²) in [7, 11) is 0. The van der Waals surface area contributed by atoms with E-state index in [9.17, 15) is 4.79 Å². The molecule has 0 unspecified atom stereocenters. The largest absolute Gasteiger partial charge is 0.326 e. The molecule has 0 aliphatic heterocycles. The van der Waals surface area contributed by atoms with Crippen molar-refractivity contribution in [3.63, 3.8) is 0 Å². The number of carbonyl (C=O) groups excluding carboxylic acids is 1. The molecule has 6 heteroatoms. The second kappa shape index (κ2) is 6.91. The van der Waals surface area contributed by atoms with Gasteiger partial charge in [-0.15, -0.1) is 11.3 Å². The predicted octanol–water partition coefficient (Wildman–Crippen LogP) is 2.71. The van der Waals surface area contributed by atoms with Gasteiger partial charge >= 0.3 is 0 Å². The van der Waals surface area contributed by atoms with Gasteiger partial charge in [0.2, 0.25) is 5.91 Å². The van der Waals surface area contributed by atoms with Gasteiger partial charge in [-0.25, -0.2) is 4.98 Å². The van der Waals surface area contributed by atoms with E-state index in [1.165, 1.54) is 0 Å². The minimum absolute atomic E-state index is 0.0825. The molecule has 0 bridgehead atoms. The maximum Gasteiger partial charge on any atom is 0.230 e. The van der Waals surface area contributed by atoms with Crippen LogP contribution in [0.15, 0.2) is 54.3 Å². The number of nitrogens with one attached hydrogen (secondary N) is 1. The minimum Gasteiger partial charge on any atom is -0.326 e. The standard InChI is InChI=1S/C16H14N4OS/c21-15(19-12-4-7-17-8-5-12)9-14-11-22-16(20-14)10-13-3-1-2-6-18-13/h1-8,11H,9-10H2,(H,17,19,21). The summed E-state index contributed by atoms with van der Waals surface area (Å²) >= 11 is 1.55. The van der Waals surface area contributed by atoms with Crippen LogP contribution in [0, 0.1) is 0 Å². The Labute approximate surface area is 132 Å². The molecule has 110 valence electrons. The van der Waals surface area contributed by atoms with E-state index in [-0.39, 0.29) is 12.3 Å². The lowest BCUT2D eigenvalue weighted by molar-refractivity contribution is -0.115. The molecule has 0 saturated carbocycles. The third kappa shape index (κ3) is 3.95. The van der Waals surface area contributed by atoms with Crippen LogP contribution in [0.3, 0.4) is 0 Å². The molecule has 1 amide bonds. The fourth-order valence-corrected chi connectivity index (χ4v) is 2.78. The highest BCUT2D eigenvalue weighted by atomic mass is 32.1. The molecule has 0 aliphatic carbocycles. The number of anilines is 1. The summed E-state index contributed by atoms with van der Waals surface area (Å²) in [6.07, 6.45) is 6.01. The van der Waals surface area contributed by atoms with Gasteiger partial charge in [-0.1, -0.05) is 6.07 Å². The lowest BCUT2D eigenvalue weighted by Gasteiger charge is -2.02. The lowest BCUT2D eigenvalue weighted by atomic mass is 10.3. The van der Waals surface area contributed by atoms with E-state index in [2.05, 4.69) is 20.3 Å². The normalized spacial score (nSPS) is 10.4. The molecular formula is C16H14N4OS. The van der Waals surface area contributed by atoms with Gasteiger partial charge in [-0.2, -0.15) is 0 Å². The van der Waals surface area contributed by atoms with E-state index < -0.39 is 0 Å². The Balaban J connectivity index is 1.58. The first-order valence-electron chi connectivity index (χ1n) is 6.82. The highest BCUT2D eigenvalue weighted by Crippen LogP contribution is 2.14. The number of rotatable bonds is 5. The van der Waals surface area contributed by atoms with Crippen LogP contribution in [-0.4, -0.2) is 20.9 Å². The van der Waals surface area contributed by atoms with Crippen molar-refractivity contribution in [2.45, 2.75) is 12.8 Å². The molecule has 0 atom stereocenters. The highest BCUT2D eigenvalue weighted by molar-refractivity contribution is 7.09. The van der Waals surface area contributed by atoms with Crippen LogP contribution in [0.1, 0.15) is 16.4 Å². The molecule has 0 radical (unpaired) electrons. The van der Waals surface area contributed by atoms with Crippen LogP contribution in [0.2, 0.25) is 0 Å².